The van der Waals surface area contributed by atoms with Gasteiger partial charge in [0.05, 0.1) is 0 Å². The van der Waals surface area contributed by atoms with E-state index < -0.39 is 65.9 Å². The van der Waals surface area contributed by atoms with Crippen LogP contribution in [0.5, 0.6) is 0 Å². The maximum Gasteiger partial charge on any atom is 0.408 e. The number of amides is 2. The monoisotopic (exact) mass is 436 g/mol. The van der Waals surface area contributed by atoms with E-state index in [1.54, 1.807) is 41.5 Å². The van der Waals surface area contributed by atoms with Gasteiger partial charge in [0.25, 0.3) is 0 Å². The van der Waals surface area contributed by atoms with Crippen LogP contribution in [0.2, 0.25) is 0 Å². The Labute approximate surface area is 174 Å². The Morgan fingerprint density at radius 2 is 1.40 bits per heavy atom. The second-order valence-corrected chi connectivity index (χ2v) is 8.96. The third kappa shape index (κ3) is 7.94. The lowest BCUT2D eigenvalue weighted by Gasteiger charge is -2.42. The molecule has 0 saturated carbocycles. The van der Waals surface area contributed by atoms with E-state index in [9.17, 15) is 34.8 Å². The third-order valence-corrected chi connectivity index (χ3v) is 3.86. The quantitative estimate of drug-likeness (QED) is 0.323. The van der Waals surface area contributed by atoms with Crippen molar-refractivity contribution in [1.82, 2.24) is 10.6 Å². The number of alkyl carbamates (subject to hydrolysis) is 2. The molecule has 174 valence electrons. The zero-order chi connectivity index (χ0) is 23.4. The molecule has 1 heterocycles. The fourth-order valence-corrected chi connectivity index (χ4v) is 2.64. The number of carbonyl (C=O) groups excluding carboxylic acids is 2. The molecule has 1 aliphatic rings. The Kier molecular flexibility index (Phi) is 8.43. The van der Waals surface area contributed by atoms with Crippen molar-refractivity contribution in [1.29, 1.82) is 0 Å². The van der Waals surface area contributed by atoms with E-state index in [1.807, 2.05) is 0 Å². The number of ether oxygens (including phenoxy) is 3. The highest BCUT2D eigenvalue weighted by Crippen LogP contribution is 2.24. The third-order valence-electron chi connectivity index (χ3n) is 3.86. The van der Waals surface area contributed by atoms with Crippen molar-refractivity contribution in [3.63, 3.8) is 0 Å². The number of hydrogen-bond donors (Lipinski definition) is 6. The van der Waals surface area contributed by atoms with Crippen LogP contribution in [0.3, 0.4) is 0 Å². The van der Waals surface area contributed by atoms with E-state index >= 15 is 0 Å². The number of aliphatic carboxylic acids is 1. The number of rotatable bonds is 5. The molecule has 1 saturated heterocycles. The molecule has 2 unspecified atom stereocenters. The number of aliphatic hydroxyl groups excluding tert-OH is 3. The summed E-state index contributed by atoms with van der Waals surface area (Å²) in [5, 5.41) is 44.4. The first kappa shape index (κ1) is 25.9. The minimum absolute atomic E-state index is 0.352. The number of hydrogen-bond acceptors (Lipinski definition) is 9. The van der Waals surface area contributed by atoms with E-state index in [-0.39, 0.29) is 6.54 Å². The van der Waals surface area contributed by atoms with E-state index in [0.29, 0.717) is 0 Å². The summed E-state index contributed by atoms with van der Waals surface area (Å²) >= 11 is 0. The number of carbonyl (C=O) groups is 3. The Balaban J connectivity index is 2.91. The molecule has 0 bridgehead atoms. The molecule has 12 heteroatoms. The highest BCUT2D eigenvalue weighted by Gasteiger charge is 2.49. The van der Waals surface area contributed by atoms with E-state index in [2.05, 4.69) is 10.6 Å². The molecule has 30 heavy (non-hydrogen) atoms. The standard InChI is InChI=1S/C18H32N2O10/c1-17(2,3)29-15(26)19-7-8-10(21)11(22)12(23)13(28-8)9(14(24)25)20-16(27)30-18(4,5)6/h8-13,21-23H,7H2,1-6H3,(H,19,26)(H,20,27)(H,24,25)/t8?,9-,10+,11+,12?,13-/m1/s1. The van der Waals surface area contributed by atoms with Crippen LogP contribution in [0.1, 0.15) is 41.5 Å². The topological polar surface area (TPSA) is 184 Å². The molecular weight excluding hydrogens is 404 g/mol. The van der Waals surface area contributed by atoms with Crippen molar-refractivity contribution < 1.29 is 49.0 Å². The average Bonchev–Trinajstić information content (AvgIpc) is 2.54. The number of carboxylic acids is 1. The minimum Gasteiger partial charge on any atom is -0.480 e. The fraction of sp³-hybridized carbons (Fsp3) is 0.833. The van der Waals surface area contributed by atoms with Crippen molar-refractivity contribution in [2.75, 3.05) is 6.54 Å². The molecule has 0 spiro atoms. The van der Waals surface area contributed by atoms with Gasteiger partial charge in [-0.15, -0.1) is 0 Å². The van der Waals surface area contributed by atoms with Gasteiger partial charge in [0.2, 0.25) is 0 Å². The van der Waals surface area contributed by atoms with Crippen LogP contribution in [0.15, 0.2) is 0 Å². The molecule has 6 atom stereocenters. The molecule has 1 aliphatic heterocycles. The highest BCUT2D eigenvalue weighted by atomic mass is 16.6. The molecule has 12 nitrogen and oxygen atoms in total. The van der Waals surface area contributed by atoms with Gasteiger partial charge in [-0.05, 0) is 41.5 Å². The van der Waals surface area contributed by atoms with Crippen molar-refractivity contribution >= 4 is 18.2 Å². The van der Waals surface area contributed by atoms with Gasteiger partial charge in [-0.3, -0.25) is 0 Å². The van der Waals surface area contributed by atoms with Gasteiger partial charge in [0.1, 0.15) is 41.7 Å². The van der Waals surface area contributed by atoms with Crippen LogP contribution in [-0.2, 0) is 19.0 Å². The van der Waals surface area contributed by atoms with Crippen LogP contribution in [0, 0.1) is 0 Å². The zero-order valence-electron chi connectivity index (χ0n) is 17.9. The first-order valence-corrected chi connectivity index (χ1v) is 9.40. The smallest absolute Gasteiger partial charge is 0.408 e. The van der Waals surface area contributed by atoms with Crippen LogP contribution in [0.4, 0.5) is 9.59 Å². The van der Waals surface area contributed by atoms with Crippen LogP contribution >= 0.6 is 0 Å². The first-order valence-electron chi connectivity index (χ1n) is 9.40. The van der Waals surface area contributed by atoms with Gasteiger partial charge in [0, 0.05) is 6.54 Å². The molecule has 6 N–H and O–H groups in total. The highest BCUT2D eigenvalue weighted by molar-refractivity contribution is 5.80. The van der Waals surface area contributed by atoms with E-state index in [1.165, 1.54) is 0 Å². The summed E-state index contributed by atoms with van der Waals surface area (Å²) in [6.45, 7) is 9.32. The van der Waals surface area contributed by atoms with Crippen LogP contribution in [0.25, 0.3) is 0 Å². The normalized spacial score (nSPS) is 28.2. The second kappa shape index (κ2) is 9.77. The summed E-state index contributed by atoms with van der Waals surface area (Å²) in [6.07, 6.45) is -10.1. The molecule has 0 aromatic carbocycles. The molecular formula is C18H32N2O10. The summed E-state index contributed by atoms with van der Waals surface area (Å²) in [5.74, 6) is -1.56. The molecule has 0 aromatic heterocycles. The predicted molar refractivity (Wildman–Crippen MR) is 102 cm³/mol. The fourth-order valence-electron chi connectivity index (χ4n) is 2.64. The van der Waals surface area contributed by atoms with E-state index in [4.69, 9.17) is 14.2 Å². The maximum atomic E-state index is 12.0. The SMILES string of the molecule is CC(C)(C)OC(=O)NCC1O[C@H]([C@@H](NC(=O)OC(C)(C)C)C(=O)O)C(O)[C@@H](O)[C@H]1O. The van der Waals surface area contributed by atoms with Crippen molar-refractivity contribution in [2.24, 2.45) is 0 Å². The Morgan fingerprint density at radius 3 is 1.87 bits per heavy atom. The van der Waals surface area contributed by atoms with Gasteiger partial charge in [-0.2, -0.15) is 0 Å². The molecule has 1 fully saturated rings. The van der Waals surface area contributed by atoms with Crippen LogP contribution < -0.4 is 10.6 Å². The van der Waals surface area contributed by atoms with Crippen molar-refractivity contribution in [3.8, 4) is 0 Å². The number of nitrogens with one attached hydrogen (secondary N) is 2. The molecule has 0 aliphatic carbocycles. The van der Waals surface area contributed by atoms with Gasteiger partial charge in [-0.25, -0.2) is 14.4 Å². The Bertz CT molecular complexity index is 627. The lowest BCUT2D eigenvalue weighted by atomic mass is 9.91. The maximum absolute atomic E-state index is 12.0. The largest absolute Gasteiger partial charge is 0.480 e. The number of carboxylic acid groups (broad SMARTS) is 1. The molecule has 0 radical (unpaired) electrons. The summed E-state index contributed by atoms with van der Waals surface area (Å²) < 4.78 is 15.5. The Hall–Kier alpha value is -2.15. The summed E-state index contributed by atoms with van der Waals surface area (Å²) in [4.78, 5) is 35.5. The molecule has 0 aromatic rings. The lowest BCUT2D eigenvalue weighted by molar-refractivity contribution is -0.228. The average molecular weight is 436 g/mol. The second-order valence-electron chi connectivity index (χ2n) is 8.96. The molecule has 2 amide bonds. The summed E-state index contributed by atoms with van der Waals surface area (Å²) in [7, 11) is 0. The van der Waals surface area contributed by atoms with E-state index in [0.717, 1.165) is 0 Å². The zero-order valence-corrected chi connectivity index (χ0v) is 17.9. The van der Waals surface area contributed by atoms with Gasteiger partial charge >= 0.3 is 18.2 Å². The van der Waals surface area contributed by atoms with Crippen LogP contribution in [-0.4, -0.2) is 92.9 Å². The minimum atomic E-state index is -1.84. The predicted octanol–water partition coefficient (Wildman–Crippen LogP) is -0.661. The van der Waals surface area contributed by atoms with Gasteiger partial charge < -0.3 is 45.3 Å². The summed E-state index contributed by atoms with van der Waals surface area (Å²) in [6, 6.07) is -1.80. The van der Waals surface area contributed by atoms with Crippen molar-refractivity contribution in [3.05, 3.63) is 0 Å². The van der Waals surface area contributed by atoms with Crippen molar-refractivity contribution in [2.45, 2.75) is 89.3 Å². The van der Waals surface area contributed by atoms with Gasteiger partial charge in [-0.1, -0.05) is 0 Å². The Morgan fingerprint density at radius 1 is 0.900 bits per heavy atom. The summed E-state index contributed by atoms with van der Waals surface area (Å²) in [5.41, 5.74) is -1.69. The lowest BCUT2D eigenvalue weighted by Crippen LogP contribution is -2.66. The molecule has 1 rings (SSSR count). The first-order chi connectivity index (χ1) is 13.5. The number of aliphatic hydroxyl groups is 3. The van der Waals surface area contributed by atoms with Gasteiger partial charge in [0.15, 0.2) is 6.04 Å².